The SMILES string of the molecule is CCNCc1coc(Oc2cccc3ccc(C)nc23)n1. The highest BCUT2D eigenvalue weighted by molar-refractivity contribution is 5.84. The summed E-state index contributed by atoms with van der Waals surface area (Å²) < 4.78 is 11.1. The molecule has 2 heterocycles. The Kier molecular flexibility index (Phi) is 3.83. The minimum absolute atomic E-state index is 0.235. The smallest absolute Gasteiger partial charge is 0.399 e. The van der Waals surface area contributed by atoms with Crippen LogP contribution in [0.3, 0.4) is 0 Å². The molecule has 0 aliphatic carbocycles. The Bertz CT molecular complexity index is 752. The number of benzene rings is 1. The van der Waals surface area contributed by atoms with E-state index in [1.807, 2.05) is 44.2 Å². The summed E-state index contributed by atoms with van der Waals surface area (Å²) in [5.41, 5.74) is 2.57. The first-order valence-electron chi connectivity index (χ1n) is 6.95. The minimum Gasteiger partial charge on any atom is -0.417 e. The molecule has 1 aromatic carbocycles. The van der Waals surface area contributed by atoms with Gasteiger partial charge in [0.05, 0.1) is 5.69 Å². The van der Waals surface area contributed by atoms with Crippen LogP contribution in [0.25, 0.3) is 10.9 Å². The second-order valence-corrected chi connectivity index (χ2v) is 4.77. The number of hydrogen-bond donors (Lipinski definition) is 1. The van der Waals surface area contributed by atoms with Crippen molar-refractivity contribution in [2.45, 2.75) is 20.4 Å². The largest absolute Gasteiger partial charge is 0.417 e. The third-order valence-corrected chi connectivity index (χ3v) is 3.11. The van der Waals surface area contributed by atoms with E-state index in [1.165, 1.54) is 0 Å². The van der Waals surface area contributed by atoms with Crippen LogP contribution >= 0.6 is 0 Å². The number of rotatable bonds is 5. The molecule has 0 saturated heterocycles. The first kappa shape index (κ1) is 13.6. The highest BCUT2D eigenvalue weighted by atomic mass is 16.6. The lowest BCUT2D eigenvalue weighted by Crippen LogP contribution is -2.11. The van der Waals surface area contributed by atoms with E-state index >= 15 is 0 Å². The molecule has 108 valence electrons. The Morgan fingerprint density at radius 2 is 2.10 bits per heavy atom. The first-order valence-corrected chi connectivity index (χ1v) is 6.95. The van der Waals surface area contributed by atoms with Crippen molar-refractivity contribution in [2.24, 2.45) is 0 Å². The third kappa shape index (κ3) is 3.03. The Morgan fingerprint density at radius 1 is 1.19 bits per heavy atom. The molecule has 0 unspecified atom stereocenters. The fraction of sp³-hybridized carbons (Fsp3) is 0.250. The van der Waals surface area contributed by atoms with Crippen LogP contribution in [0.4, 0.5) is 0 Å². The number of aromatic nitrogens is 2. The molecule has 0 bridgehead atoms. The van der Waals surface area contributed by atoms with E-state index < -0.39 is 0 Å². The second kappa shape index (κ2) is 5.93. The van der Waals surface area contributed by atoms with Crippen LogP contribution in [0.1, 0.15) is 18.3 Å². The summed E-state index contributed by atoms with van der Waals surface area (Å²) >= 11 is 0. The van der Waals surface area contributed by atoms with Gasteiger partial charge in [0.15, 0.2) is 5.75 Å². The number of aryl methyl sites for hydroxylation is 1. The van der Waals surface area contributed by atoms with Gasteiger partial charge in [-0.05, 0) is 25.6 Å². The molecule has 0 atom stereocenters. The molecule has 0 saturated carbocycles. The molecule has 0 radical (unpaired) electrons. The van der Waals surface area contributed by atoms with Crippen LogP contribution in [0.5, 0.6) is 11.8 Å². The molecule has 0 aliphatic heterocycles. The van der Waals surface area contributed by atoms with Gasteiger partial charge < -0.3 is 14.5 Å². The van der Waals surface area contributed by atoms with Gasteiger partial charge in [-0.2, -0.15) is 4.98 Å². The quantitative estimate of drug-likeness (QED) is 0.777. The standard InChI is InChI=1S/C16H17N3O2/c1-3-17-9-13-10-20-16(19-13)21-14-6-4-5-12-8-7-11(2)18-15(12)14/h4-8,10,17H,3,9H2,1-2H3. The second-order valence-electron chi connectivity index (χ2n) is 4.77. The highest BCUT2D eigenvalue weighted by Gasteiger charge is 2.09. The number of nitrogens with one attached hydrogen (secondary N) is 1. The van der Waals surface area contributed by atoms with Crippen LogP contribution in [0, 0.1) is 6.92 Å². The Morgan fingerprint density at radius 3 is 2.95 bits per heavy atom. The predicted octanol–water partition coefficient (Wildman–Crippen LogP) is 3.43. The highest BCUT2D eigenvalue weighted by Crippen LogP contribution is 2.28. The first-order chi connectivity index (χ1) is 10.3. The Labute approximate surface area is 123 Å². The van der Waals surface area contributed by atoms with E-state index in [4.69, 9.17) is 9.15 Å². The van der Waals surface area contributed by atoms with Gasteiger partial charge in [0.1, 0.15) is 11.8 Å². The van der Waals surface area contributed by atoms with Crippen LogP contribution < -0.4 is 10.1 Å². The molecule has 0 spiro atoms. The van der Waals surface area contributed by atoms with Crippen LogP contribution in [-0.4, -0.2) is 16.5 Å². The van der Waals surface area contributed by atoms with Crippen molar-refractivity contribution < 1.29 is 9.15 Å². The number of fused-ring (bicyclic) bond motifs is 1. The topological polar surface area (TPSA) is 60.2 Å². The van der Waals surface area contributed by atoms with Crippen LogP contribution in [0.15, 0.2) is 41.0 Å². The summed E-state index contributed by atoms with van der Waals surface area (Å²) in [5.74, 6) is 0.646. The normalized spacial score (nSPS) is 11.0. The summed E-state index contributed by atoms with van der Waals surface area (Å²) in [7, 11) is 0. The number of pyridine rings is 1. The molecule has 3 rings (SSSR count). The maximum atomic E-state index is 5.74. The zero-order valence-electron chi connectivity index (χ0n) is 12.1. The Hall–Kier alpha value is -2.40. The molecule has 0 amide bonds. The summed E-state index contributed by atoms with van der Waals surface area (Å²) in [6.07, 6.45) is 1.83. The molecular formula is C16H17N3O2. The van der Waals surface area contributed by atoms with Gasteiger partial charge in [-0.25, -0.2) is 4.98 Å². The average molecular weight is 283 g/mol. The van der Waals surface area contributed by atoms with Crippen LogP contribution in [0.2, 0.25) is 0 Å². The molecular weight excluding hydrogens is 266 g/mol. The monoisotopic (exact) mass is 283 g/mol. The van der Waals surface area contributed by atoms with Crippen molar-refractivity contribution in [1.82, 2.24) is 15.3 Å². The molecule has 0 aliphatic rings. The molecule has 2 aromatic heterocycles. The zero-order chi connectivity index (χ0) is 14.7. The molecule has 5 nitrogen and oxygen atoms in total. The maximum absolute atomic E-state index is 5.74. The van der Waals surface area contributed by atoms with Crippen LogP contribution in [-0.2, 0) is 6.54 Å². The summed E-state index contributed by atoms with van der Waals surface area (Å²) in [6.45, 7) is 5.54. The van der Waals surface area contributed by atoms with Gasteiger partial charge in [-0.15, -0.1) is 0 Å². The number of para-hydroxylation sites is 1. The van der Waals surface area contributed by atoms with Gasteiger partial charge >= 0.3 is 6.08 Å². The average Bonchev–Trinajstić information content (AvgIpc) is 2.93. The van der Waals surface area contributed by atoms with Gasteiger partial charge in [0, 0.05) is 17.6 Å². The lowest BCUT2D eigenvalue weighted by Gasteiger charge is -2.05. The van der Waals surface area contributed by atoms with E-state index in [9.17, 15) is 0 Å². The molecule has 5 heteroatoms. The Balaban J connectivity index is 1.87. The zero-order valence-corrected chi connectivity index (χ0v) is 12.1. The lowest BCUT2D eigenvalue weighted by molar-refractivity contribution is 0.333. The summed E-state index contributed by atoms with van der Waals surface area (Å²) in [4.78, 5) is 8.81. The number of hydrogen-bond acceptors (Lipinski definition) is 5. The number of oxazole rings is 1. The van der Waals surface area contributed by atoms with Gasteiger partial charge in [-0.1, -0.05) is 25.1 Å². The van der Waals surface area contributed by atoms with E-state index in [-0.39, 0.29) is 6.08 Å². The molecule has 3 aromatic rings. The summed E-state index contributed by atoms with van der Waals surface area (Å²) in [5, 5.41) is 4.21. The van der Waals surface area contributed by atoms with E-state index in [2.05, 4.69) is 15.3 Å². The van der Waals surface area contributed by atoms with Gasteiger partial charge in [0.2, 0.25) is 0 Å². The van der Waals surface area contributed by atoms with Gasteiger partial charge in [0.25, 0.3) is 0 Å². The maximum Gasteiger partial charge on any atom is 0.399 e. The van der Waals surface area contributed by atoms with Crippen molar-refractivity contribution in [1.29, 1.82) is 0 Å². The van der Waals surface area contributed by atoms with Crippen molar-refractivity contribution in [3.8, 4) is 11.8 Å². The van der Waals surface area contributed by atoms with Crippen molar-refractivity contribution in [3.63, 3.8) is 0 Å². The lowest BCUT2D eigenvalue weighted by atomic mass is 10.2. The number of ether oxygens (including phenoxy) is 1. The molecule has 1 N–H and O–H groups in total. The predicted molar refractivity (Wildman–Crippen MR) is 80.4 cm³/mol. The fourth-order valence-electron chi connectivity index (χ4n) is 2.06. The number of nitrogens with zero attached hydrogens (tertiary/aromatic N) is 2. The van der Waals surface area contributed by atoms with E-state index in [0.717, 1.165) is 28.8 Å². The van der Waals surface area contributed by atoms with E-state index in [1.54, 1.807) is 6.26 Å². The van der Waals surface area contributed by atoms with Crippen molar-refractivity contribution >= 4 is 10.9 Å². The minimum atomic E-state index is 0.235. The fourth-order valence-corrected chi connectivity index (χ4v) is 2.06. The summed E-state index contributed by atoms with van der Waals surface area (Å²) in [6, 6.07) is 9.80. The third-order valence-electron chi connectivity index (χ3n) is 3.11. The van der Waals surface area contributed by atoms with E-state index in [0.29, 0.717) is 12.3 Å². The van der Waals surface area contributed by atoms with Crippen molar-refractivity contribution in [2.75, 3.05) is 6.54 Å². The molecule has 21 heavy (non-hydrogen) atoms. The van der Waals surface area contributed by atoms with Crippen molar-refractivity contribution in [3.05, 3.63) is 48.0 Å². The molecule has 0 fully saturated rings. The van der Waals surface area contributed by atoms with Gasteiger partial charge in [-0.3, -0.25) is 0 Å².